The highest BCUT2D eigenvalue weighted by Gasteiger charge is 2.54. The number of nitrogens with one attached hydrogen (secondary N) is 1. The highest BCUT2D eigenvalue weighted by molar-refractivity contribution is 6.00. The first kappa shape index (κ1) is 36.1. The van der Waals surface area contributed by atoms with Gasteiger partial charge in [0.2, 0.25) is 11.8 Å². The summed E-state index contributed by atoms with van der Waals surface area (Å²) in [5, 5.41) is 14.2. The van der Waals surface area contributed by atoms with Crippen molar-refractivity contribution in [3.8, 4) is 11.5 Å². The second-order valence-corrected chi connectivity index (χ2v) is 13.8. The number of nitrogens with zero attached hydrogens (tertiary/aromatic N) is 3. The van der Waals surface area contributed by atoms with E-state index in [1.807, 2.05) is 34.1 Å². The summed E-state index contributed by atoms with van der Waals surface area (Å²) in [6.07, 6.45) is 7.73. The van der Waals surface area contributed by atoms with Gasteiger partial charge in [-0.1, -0.05) is 44.7 Å². The number of rotatable bonds is 10. The number of unbranched alkanes of at least 4 members (excludes halogenated alkanes) is 1. The van der Waals surface area contributed by atoms with Crippen LogP contribution in [0.1, 0.15) is 87.1 Å². The fourth-order valence-electron chi connectivity index (χ4n) is 7.70. The van der Waals surface area contributed by atoms with Crippen molar-refractivity contribution < 1.29 is 29.0 Å². The maximum atomic E-state index is 13.9. The standard InChI is InChI=1S/C37H50N4O6.ClH/c1-2-3-19-41-34(43)32(26-36(45)15-5-4-6-16-36)38-35(44)37(41)17-20-39(21-18-37)27-28-7-11-30(12-8-28)47-31-13-9-29(10-14-31)33(42)40-22-24-46-25-23-40;/h7-14,32,45H,2-6,15-27H2,1H3,(H,38,44);1H/t32-;/m1./s1. The summed E-state index contributed by atoms with van der Waals surface area (Å²) >= 11 is 0. The molecule has 0 unspecified atom stereocenters. The van der Waals surface area contributed by atoms with Crippen molar-refractivity contribution in [2.45, 2.75) is 94.9 Å². The van der Waals surface area contributed by atoms with Crippen molar-refractivity contribution in [1.29, 1.82) is 0 Å². The van der Waals surface area contributed by atoms with Crippen molar-refractivity contribution in [1.82, 2.24) is 20.0 Å². The zero-order valence-corrected chi connectivity index (χ0v) is 29.0. The predicted molar refractivity (Wildman–Crippen MR) is 185 cm³/mol. The summed E-state index contributed by atoms with van der Waals surface area (Å²) in [5.41, 5.74) is 0.0891. The molecule has 1 spiro atoms. The number of piperazine rings is 1. The Kier molecular flexibility index (Phi) is 12.1. The number of benzene rings is 2. The minimum atomic E-state index is -0.870. The first-order chi connectivity index (χ1) is 22.8. The number of aliphatic hydroxyl groups is 1. The third-order valence-electron chi connectivity index (χ3n) is 10.6. The molecule has 0 bridgehead atoms. The van der Waals surface area contributed by atoms with Gasteiger partial charge in [-0.05, 0) is 74.1 Å². The van der Waals surface area contributed by atoms with Crippen LogP contribution < -0.4 is 10.1 Å². The van der Waals surface area contributed by atoms with Gasteiger partial charge >= 0.3 is 0 Å². The first-order valence-electron chi connectivity index (χ1n) is 17.6. The summed E-state index contributed by atoms with van der Waals surface area (Å²) < 4.78 is 11.4. The van der Waals surface area contributed by atoms with E-state index in [0.29, 0.717) is 89.4 Å². The van der Waals surface area contributed by atoms with Crippen LogP contribution in [0.4, 0.5) is 0 Å². The number of morpholine rings is 1. The molecule has 3 saturated heterocycles. The van der Waals surface area contributed by atoms with Crippen LogP contribution in [-0.2, 0) is 20.9 Å². The Morgan fingerprint density at radius 1 is 0.917 bits per heavy atom. The Morgan fingerprint density at radius 3 is 2.17 bits per heavy atom. The quantitative estimate of drug-likeness (QED) is 0.366. The molecule has 3 aliphatic heterocycles. The molecule has 48 heavy (non-hydrogen) atoms. The zero-order chi connectivity index (χ0) is 32.9. The van der Waals surface area contributed by atoms with Crippen LogP contribution in [0.5, 0.6) is 11.5 Å². The monoisotopic (exact) mass is 682 g/mol. The molecule has 0 aromatic heterocycles. The van der Waals surface area contributed by atoms with Crippen LogP contribution in [-0.4, -0.2) is 101 Å². The fraction of sp³-hybridized carbons (Fsp3) is 0.595. The Bertz CT molecular complexity index is 1380. The Labute approximate surface area is 290 Å². The van der Waals surface area contributed by atoms with E-state index in [1.165, 1.54) is 0 Å². The van der Waals surface area contributed by atoms with E-state index in [4.69, 9.17) is 9.47 Å². The molecule has 1 atom stereocenters. The van der Waals surface area contributed by atoms with E-state index in [2.05, 4.69) is 29.3 Å². The molecule has 4 aliphatic rings. The molecule has 1 saturated carbocycles. The Morgan fingerprint density at radius 2 is 1.54 bits per heavy atom. The summed E-state index contributed by atoms with van der Waals surface area (Å²) in [5.74, 6) is 1.31. The van der Waals surface area contributed by atoms with E-state index < -0.39 is 17.2 Å². The average molecular weight is 683 g/mol. The first-order valence-corrected chi connectivity index (χ1v) is 17.6. The molecule has 3 heterocycles. The molecule has 2 aromatic rings. The number of hydrogen-bond acceptors (Lipinski definition) is 7. The minimum absolute atomic E-state index is 0. The van der Waals surface area contributed by atoms with Crippen LogP contribution in [0.15, 0.2) is 48.5 Å². The number of ether oxygens (including phenoxy) is 2. The molecular formula is C37H51ClN4O6. The van der Waals surface area contributed by atoms with Crippen molar-refractivity contribution >= 4 is 30.1 Å². The maximum absolute atomic E-state index is 13.9. The van der Waals surface area contributed by atoms with Crippen LogP contribution in [0.25, 0.3) is 0 Å². The number of carbonyl (C=O) groups is 3. The molecule has 11 heteroatoms. The summed E-state index contributed by atoms with van der Waals surface area (Å²) in [6, 6.07) is 14.6. The molecule has 3 amide bonds. The van der Waals surface area contributed by atoms with Crippen molar-refractivity contribution in [2.75, 3.05) is 45.9 Å². The van der Waals surface area contributed by atoms with Crippen LogP contribution in [0.2, 0.25) is 0 Å². The second kappa shape index (κ2) is 16.0. The molecule has 262 valence electrons. The number of halogens is 1. The maximum Gasteiger partial charge on any atom is 0.254 e. The molecule has 2 aromatic carbocycles. The third-order valence-corrected chi connectivity index (χ3v) is 10.6. The van der Waals surface area contributed by atoms with E-state index >= 15 is 0 Å². The van der Waals surface area contributed by atoms with Crippen molar-refractivity contribution in [3.63, 3.8) is 0 Å². The molecule has 2 N–H and O–H groups in total. The van der Waals surface area contributed by atoms with Crippen molar-refractivity contribution in [2.24, 2.45) is 0 Å². The fourth-order valence-corrected chi connectivity index (χ4v) is 7.70. The van der Waals surface area contributed by atoms with Gasteiger partial charge in [0.1, 0.15) is 23.1 Å². The van der Waals surface area contributed by atoms with Gasteiger partial charge in [0, 0.05) is 51.3 Å². The lowest BCUT2D eigenvalue weighted by Crippen LogP contribution is -2.73. The third kappa shape index (κ3) is 8.16. The van der Waals surface area contributed by atoms with Gasteiger partial charge in [0.15, 0.2) is 0 Å². The molecule has 1 aliphatic carbocycles. The SMILES string of the molecule is CCCCN1C(=O)[C@@H](CC2(O)CCCCC2)NC(=O)C12CCN(Cc1ccc(Oc3ccc(C(=O)N4CCOCC4)cc3)cc1)CC2.Cl. The molecular weight excluding hydrogens is 632 g/mol. The number of carbonyl (C=O) groups excluding carboxylic acids is 3. The highest BCUT2D eigenvalue weighted by atomic mass is 35.5. The topological polar surface area (TPSA) is 112 Å². The van der Waals surface area contributed by atoms with Gasteiger partial charge in [-0.25, -0.2) is 0 Å². The Balaban J connectivity index is 0.00000451. The van der Waals surface area contributed by atoms with Gasteiger partial charge in [-0.2, -0.15) is 0 Å². The number of piperidine rings is 1. The molecule has 10 nitrogen and oxygen atoms in total. The summed E-state index contributed by atoms with van der Waals surface area (Å²) in [4.78, 5) is 46.4. The van der Waals surface area contributed by atoms with E-state index in [9.17, 15) is 19.5 Å². The Hall–Kier alpha value is -3.18. The number of hydrogen-bond donors (Lipinski definition) is 2. The predicted octanol–water partition coefficient (Wildman–Crippen LogP) is 4.92. The average Bonchev–Trinajstić information content (AvgIpc) is 3.09. The van der Waals surface area contributed by atoms with Crippen LogP contribution in [0, 0.1) is 0 Å². The minimum Gasteiger partial charge on any atom is -0.457 e. The summed E-state index contributed by atoms with van der Waals surface area (Å²) in [6.45, 7) is 7.22. The lowest BCUT2D eigenvalue weighted by molar-refractivity contribution is -0.163. The second-order valence-electron chi connectivity index (χ2n) is 13.8. The van der Waals surface area contributed by atoms with Crippen molar-refractivity contribution in [3.05, 3.63) is 59.7 Å². The van der Waals surface area contributed by atoms with Gasteiger partial charge in [-0.15, -0.1) is 12.4 Å². The van der Waals surface area contributed by atoms with Crippen LogP contribution in [0.3, 0.4) is 0 Å². The van der Waals surface area contributed by atoms with Gasteiger partial charge in [0.05, 0.1) is 18.8 Å². The van der Waals surface area contributed by atoms with Gasteiger partial charge in [-0.3, -0.25) is 19.3 Å². The number of amides is 3. The molecule has 6 rings (SSSR count). The van der Waals surface area contributed by atoms with E-state index in [-0.39, 0.29) is 30.1 Å². The normalized spacial score (nSPS) is 22.6. The largest absolute Gasteiger partial charge is 0.457 e. The van der Waals surface area contributed by atoms with Gasteiger partial charge in [0.25, 0.3) is 5.91 Å². The highest BCUT2D eigenvalue weighted by Crippen LogP contribution is 2.38. The molecule has 4 fully saturated rings. The van der Waals surface area contributed by atoms with E-state index in [1.54, 1.807) is 12.1 Å². The lowest BCUT2D eigenvalue weighted by atomic mass is 9.77. The van der Waals surface area contributed by atoms with Gasteiger partial charge < -0.3 is 29.7 Å². The number of likely N-dealkylation sites (tertiary alicyclic amines) is 1. The lowest BCUT2D eigenvalue weighted by Gasteiger charge is -2.52. The smallest absolute Gasteiger partial charge is 0.254 e. The summed E-state index contributed by atoms with van der Waals surface area (Å²) in [7, 11) is 0. The zero-order valence-electron chi connectivity index (χ0n) is 28.2. The van der Waals surface area contributed by atoms with Crippen LogP contribution >= 0.6 is 12.4 Å². The van der Waals surface area contributed by atoms with E-state index in [0.717, 1.165) is 50.0 Å². The molecule has 0 radical (unpaired) electrons.